The molecule has 0 spiro atoms. The van der Waals surface area contributed by atoms with Gasteiger partial charge < -0.3 is 53.1 Å². The van der Waals surface area contributed by atoms with Gasteiger partial charge in [-0.1, -0.05) is 42.3 Å². The van der Waals surface area contributed by atoms with E-state index in [0.29, 0.717) is 17.0 Å². The van der Waals surface area contributed by atoms with Crippen molar-refractivity contribution >= 4 is 53.0 Å². The fourth-order valence-corrected chi connectivity index (χ4v) is 7.45. The van der Waals surface area contributed by atoms with Gasteiger partial charge in [0.15, 0.2) is 11.8 Å². The maximum Gasteiger partial charge on any atom is 0.409 e. The second-order valence-corrected chi connectivity index (χ2v) is 15.6. The first-order chi connectivity index (χ1) is 28.4. The standard InChI is InChI=1S/C40H52ClN3O16/c1-22-8-7-9-29(53-6)40(52)20-28(57-38(51)42-40)23(2)36-39(4,59-36)30(19-33(48)43(5)26-17-25(16-22)18-27(45)35(26)41)58-37(50)24(3)56-15-14-54-12-13-55-21-34(49)60-44-31(46)10-11-32(44)47/h7-9,17-18,23-24,28-30,36,45,52H,10-16,19-21H2,1-6H3,(H,42,51)/b9-7+,22-8+/t23-,24+,28?,29-,30+,36+,39+,40+/m1/s1. The van der Waals surface area contributed by atoms with Crippen LogP contribution in [0.2, 0.25) is 5.02 Å². The van der Waals surface area contributed by atoms with Crippen LogP contribution in [-0.4, -0.2) is 140 Å². The molecule has 60 heavy (non-hydrogen) atoms. The van der Waals surface area contributed by atoms with Crippen LogP contribution in [-0.2, 0) is 68.4 Å². The van der Waals surface area contributed by atoms with Crippen LogP contribution >= 0.6 is 11.6 Å². The average Bonchev–Trinajstić information content (AvgIpc) is 3.80. The molecule has 3 N–H and O–H groups in total. The molecule has 0 radical (unpaired) electrons. The van der Waals surface area contributed by atoms with E-state index >= 15 is 0 Å². The predicted molar refractivity (Wildman–Crippen MR) is 208 cm³/mol. The Labute approximate surface area is 351 Å². The van der Waals surface area contributed by atoms with Crippen LogP contribution in [0.25, 0.3) is 0 Å². The highest BCUT2D eigenvalue weighted by Gasteiger charge is 2.64. The maximum absolute atomic E-state index is 14.0. The van der Waals surface area contributed by atoms with Gasteiger partial charge in [0.2, 0.25) is 5.91 Å². The lowest BCUT2D eigenvalue weighted by molar-refractivity contribution is -0.200. The van der Waals surface area contributed by atoms with Crippen molar-refractivity contribution in [3.8, 4) is 5.75 Å². The molecule has 1 unspecified atom stereocenters. The molecular formula is C40H52ClN3O16. The van der Waals surface area contributed by atoms with E-state index in [0.717, 1.165) is 5.57 Å². The van der Waals surface area contributed by atoms with Gasteiger partial charge >= 0.3 is 18.0 Å². The maximum atomic E-state index is 14.0. The summed E-state index contributed by atoms with van der Waals surface area (Å²) >= 11 is 6.51. The molecule has 330 valence electrons. The van der Waals surface area contributed by atoms with Crippen molar-refractivity contribution < 1.29 is 77.0 Å². The Bertz CT molecular complexity index is 1860. The number of fused-ring (bicyclic) bond motifs is 5. The molecule has 19 nitrogen and oxygen atoms in total. The molecule has 1 aromatic rings. The molecule has 4 bridgehead atoms. The molecule has 0 aliphatic carbocycles. The number of amides is 4. The first-order valence-corrected chi connectivity index (χ1v) is 19.8. The Morgan fingerprint density at radius 3 is 2.45 bits per heavy atom. The van der Waals surface area contributed by atoms with Crippen molar-refractivity contribution in [3.63, 3.8) is 0 Å². The van der Waals surface area contributed by atoms with E-state index in [1.807, 2.05) is 6.92 Å². The first-order valence-electron chi connectivity index (χ1n) is 19.4. The number of allylic oxidation sites excluding steroid dienone is 3. The Balaban J connectivity index is 1.25. The number of ether oxygens (including phenoxy) is 7. The summed E-state index contributed by atoms with van der Waals surface area (Å²) in [4.78, 5) is 81.3. The number of phenolic OH excluding ortho intramolecular Hbond substituents is 1. The number of aliphatic hydroxyl groups is 1. The molecule has 4 aliphatic heterocycles. The van der Waals surface area contributed by atoms with E-state index < -0.39 is 90.1 Å². The number of epoxide rings is 1. The number of nitrogens with zero attached hydrogens (tertiary/aromatic N) is 2. The van der Waals surface area contributed by atoms with Crippen molar-refractivity contribution in [2.75, 3.05) is 52.1 Å². The quantitative estimate of drug-likeness (QED) is 0.112. The SMILES string of the molecule is CO[C@@H]1/C=C/C=C(\C)Cc2cc(O)c(Cl)c(c2)N(C)C(=O)C[C@H](OC(=O)[C@H](C)OCCOCCOCC(=O)ON2C(=O)CCC2=O)[C@]2(C)O[C@H]2[C@H](C)C2C[C@@]1(O)NC(=O)O2. The van der Waals surface area contributed by atoms with Gasteiger partial charge in [-0.15, -0.1) is 5.06 Å². The van der Waals surface area contributed by atoms with Crippen LogP contribution in [0.15, 0.2) is 35.9 Å². The zero-order valence-electron chi connectivity index (χ0n) is 34.3. The van der Waals surface area contributed by atoms with Gasteiger partial charge in [-0.05, 0) is 44.9 Å². The molecule has 4 heterocycles. The smallest absolute Gasteiger partial charge is 0.409 e. The molecule has 4 amide bonds. The number of carbonyl (C=O) groups excluding carboxylic acids is 6. The van der Waals surface area contributed by atoms with Gasteiger partial charge in [0, 0.05) is 39.3 Å². The summed E-state index contributed by atoms with van der Waals surface area (Å²) in [6, 6.07) is 3.17. The average molecular weight is 866 g/mol. The number of halogens is 1. The first kappa shape index (κ1) is 46.4. The van der Waals surface area contributed by atoms with Crippen LogP contribution in [0.1, 0.15) is 58.9 Å². The highest BCUT2D eigenvalue weighted by Crippen LogP contribution is 2.49. The number of nitrogens with one attached hydrogen (secondary N) is 1. The molecule has 0 saturated carbocycles. The van der Waals surface area contributed by atoms with Crippen molar-refractivity contribution in [1.82, 2.24) is 10.4 Å². The number of rotatable bonds is 13. The van der Waals surface area contributed by atoms with Gasteiger partial charge in [0.05, 0.1) is 44.6 Å². The fourth-order valence-electron chi connectivity index (χ4n) is 7.22. The molecule has 8 atom stereocenters. The number of aromatic hydroxyl groups is 1. The van der Waals surface area contributed by atoms with Crippen LogP contribution in [0.5, 0.6) is 5.75 Å². The number of methoxy groups -OCH3 is 1. The molecule has 3 saturated heterocycles. The number of benzene rings is 1. The second kappa shape index (κ2) is 19.8. The topological polar surface area (TPSA) is 239 Å². The summed E-state index contributed by atoms with van der Waals surface area (Å²) in [5.74, 6) is -4.28. The highest BCUT2D eigenvalue weighted by molar-refractivity contribution is 6.35. The minimum Gasteiger partial charge on any atom is -0.506 e. The zero-order valence-corrected chi connectivity index (χ0v) is 35.1. The molecule has 3 fully saturated rings. The summed E-state index contributed by atoms with van der Waals surface area (Å²) in [7, 11) is 2.88. The lowest BCUT2D eigenvalue weighted by atomic mass is 9.83. The normalized spacial score (nSPS) is 30.4. The molecular weight excluding hydrogens is 814 g/mol. The van der Waals surface area contributed by atoms with Gasteiger partial charge in [-0.2, -0.15) is 0 Å². The van der Waals surface area contributed by atoms with Crippen LogP contribution < -0.4 is 10.2 Å². The lowest BCUT2D eigenvalue weighted by Crippen LogP contribution is -2.63. The van der Waals surface area contributed by atoms with Crippen LogP contribution in [0.3, 0.4) is 0 Å². The third-order valence-corrected chi connectivity index (χ3v) is 11.1. The minimum absolute atomic E-state index is 0.0252. The molecule has 20 heteroatoms. The Kier molecular flexibility index (Phi) is 15.3. The lowest BCUT2D eigenvalue weighted by Gasteiger charge is -2.42. The monoisotopic (exact) mass is 865 g/mol. The number of phenols is 1. The zero-order chi connectivity index (χ0) is 43.9. The predicted octanol–water partition coefficient (Wildman–Crippen LogP) is 2.41. The van der Waals surface area contributed by atoms with E-state index in [4.69, 9.17) is 49.6 Å². The number of hydrogen-bond donors (Lipinski definition) is 3. The highest BCUT2D eigenvalue weighted by atomic mass is 35.5. The van der Waals surface area contributed by atoms with E-state index in [2.05, 4.69) is 5.32 Å². The van der Waals surface area contributed by atoms with Crippen LogP contribution in [0, 0.1) is 5.92 Å². The number of carbonyl (C=O) groups is 6. The van der Waals surface area contributed by atoms with E-state index in [-0.39, 0.29) is 68.6 Å². The van der Waals surface area contributed by atoms with Gasteiger partial charge in [-0.25, -0.2) is 14.4 Å². The number of esters is 1. The number of imide groups is 1. The summed E-state index contributed by atoms with van der Waals surface area (Å²) in [5.41, 5.74) is -1.43. The van der Waals surface area contributed by atoms with E-state index in [1.165, 1.54) is 32.0 Å². The molecule has 4 aliphatic rings. The Morgan fingerprint density at radius 1 is 1.07 bits per heavy atom. The number of hydroxylamine groups is 2. The van der Waals surface area contributed by atoms with Crippen molar-refractivity contribution in [2.24, 2.45) is 5.92 Å². The largest absolute Gasteiger partial charge is 0.506 e. The second-order valence-electron chi connectivity index (χ2n) is 15.3. The fraction of sp³-hybridized carbons (Fsp3) is 0.600. The summed E-state index contributed by atoms with van der Waals surface area (Å²) in [5, 5.41) is 25.3. The summed E-state index contributed by atoms with van der Waals surface area (Å²) < 4.78 is 39.6. The Hall–Kier alpha value is -4.63. The Morgan fingerprint density at radius 2 is 1.75 bits per heavy atom. The number of anilines is 1. The van der Waals surface area contributed by atoms with Crippen molar-refractivity contribution in [2.45, 2.75) is 102 Å². The minimum atomic E-state index is -1.87. The molecule has 1 aromatic carbocycles. The van der Waals surface area contributed by atoms with E-state index in [9.17, 15) is 39.0 Å². The van der Waals surface area contributed by atoms with E-state index in [1.54, 1.807) is 38.1 Å². The van der Waals surface area contributed by atoms with Crippen molar-refractivity contribution in [1.29, 1.82) is 0 Å². The van der Waals surface area contributed by atoms with Gasteiger partial charge in [0.1, 0.15) is 41.3 Å². The van der Waals surface area contributed by atoms with Crippen LogP contribution in [0.4, 0.5) is 10.5 Å². The third kappa shape index (κ3) is 11.2. The molecule has 5 rings (SSSR count). The van der Waals surface area contributed by atoms with Gasteiger partial charge in [-0.3, -0.25) is 19.7 Å². The van der Waals surface area contributed by atoms with Gasteiger partial charge in [0.25, 0.3) is 11.8 Å². The van der Waals surface area contributed by atoms with Crippen molar-refractivity contribution in [3.05, 3.63) is 46.5 Å². The summed E-state index contributed by atoms with van der Waals surface area (Å²) in [6.07, 6.45) is -0.881. The third-order valence-electron chi connectivity index (χ3n) is 10.7. The number of alkyl carbamates (subject to hydrolysis) is 1. The number of hydrogen-bond acceptors (Lipinski definition) is 16. The molecule has 0 aromatic heterocycles. The summed E-state index contributed by atoms with van der Waals surface area (Å²) in [6.45, 7) is 6.21.